The summed E-state index contributed by atoms with van der Waals surface area (Å²) in [5.41, 5.74) is 0.108. The predicted octanol–water partition coefficient (Wildman–Crippen LogP) is 5.16. The summed E-state index contributed by atoms with van der Waals surface area (Å²) in [6, 6.07) is 6.75. The first-order valence-corrected chi connectivity index (χ1v) is 12.5. The van der Waals surface area contributed by atoms with Crippen molar-refractivity contribution in [3.05, 3.63) is 70.7 Å². The topological polar surface area (TPSA) is 82.9 Å². The first-order chi connectivity index (χ1) is 18.7. The monoisotopic (exact) mass is 544 g/mol. The van der Waals surface area contributed by atoms with Gasteiger partial charge in [-0.25, -0.2) is 17.6 Å². The first-order valence-electron chi connectivity index (χ1n) is 12.5. The highest BCUT2D eigenvalue weighted by Crippen LogP contribution is 2.40. The fourth-order valence-electron chi connectivity index (χ4n) is 5.01. The quantitative estimate of drug-likeness (QED) is 0.232. The smallest absolute Gasteiger partial charge is 0.309 e. The van der Waals surface area contributed by atoms with Gasteiger partial charge in [0.25, 0.3) is 0 Å². The van der Waals surface area contributed by atoms with E-state index in [0.29, 0.717) is 48.1 Å². The molecule has 0 amide bonds. The summed E-state index contributed by atoms with van der Waals surface area (Å²) in [5, 5.41) is 21.8. The summed E-state index contributed by atoms with van der Waals surface area (Å²) in [4.78, 5) is 18.5. The second kappa shape index (κ2) is 12.0. The lowest BCUT2D eigenvalue weighted by atomic mass is 9.74. The van der Waals surface area contributed by atoms with Gasteiger partial charge < -0.3 is 14.9 Å². The molecule has 1 atom stereocenters. The number of nitrogens with zero attached hydrogens (tertiary/aromatic N) is 2. The van der Waals surface area contributed by atoms with Gasteiger partial charge in [-0.2, -0.15) is 0 Å². The second-order valence-electron chi connectivity index (χ2n) is 9.69. The van der Waals surface area contributed by atoms with Crippen molar-refractivity contribution in [2.24, 2.45) is 5.41 Å². The first kappa shape index (κ1) is 28.3. The summed E-state index contributed by atoms with van der Waals surface area (Å²) in [6.45, 7) is 0.232. The number of aliphatic carboxylic acids is 1. The molecule has 6 nitrogen and oxygen atoms in total. The number of halogens is 4. The molecule has 2 aromatic carbocycles. The van der Waals surface area contributed by atoms with Crippen molar-refractivity contribution >= 4 is 16.9 Å². The van der Waals surface area contributed by atoms with Gasteiger partial charge in [0, 0.05) is 35.8 Å². The Morgan fingerprint density at radius 1 is 1.18 bits per heavy atom. The van der Waals surface area contributed by atoms with Gasteiger partial charge in [0.1, 0.15) is 12.4 Å². The average molecular weight is 545 g/mol. The van der Waals surface area contributed by atoms with Gasteiger partial charge >= 0.3 is 5.97 Å². The number of ether oxygens (including phenoxy) is 1. The minimum absolute atomic E-state index is 0.00573. The number of fused-ring (bicyclic) bond motifs is 1. The van der Waals surface area contributed by atoms with Crippen LogP contribution >= 0.6 is 0 Å². The molecule has 1 saturated heterocycles. The largest absolute Gasteiger partial charge is 0.497 e. The molecule has 4 rings (SSSR count). The SMILES string of the molecule is COc1ccc2ncc(CF)c([C@H](O)CCC3(C(=O)O)CCN(CC#Cc4cc(F)c(F)c(F)c4)CC3)c2c1. The Morgan fingerprint density at radius 3 is 2.49 bits per heavy atom. The normalized spacial score (nSPS) is 15.9. The van der Waals surface area contributed by atoms with Gasteiger partial charge in [0.2, 0.25) is 0 Å². The van der Waals surface area contributed by atoms with Crippen molar-refractivity contribution in [1.29, 1.82) is 0 Å². The van der Waals surface area contributed by atoms with E-state index in [1.165, 1.54) is 13.3 Å². The van der Waals surface area contributed by atoms with E-state index in [9.17, 15) is 32.6 Å². The fourth-order valence-corrected chi connectivity index (χ4v) is 5.01. The van der Waals surface area contributed by atoms with Crippen LogP contribution in [0.25, 0.3) is 10.9 Å². The molecule has 2 N–H and O–H groups in total. The lowest BCUT2D eigenvalue weighted by Gasteiger charge is -2.38. The maximum atomic E-state index is 13.8. The Morgan fingerprint density at radius 2 is 1.87 bits per heavy atom. The van der Waals surface area contributed by atoms with Gasteiger partial charge in [-0.05, 0) is 61.6 Å². The van der Waals surface area contributed by atoms with E-state index < -0.39 is 41.6 Å². The van der Waals surface area contributed by atoms with E-state index in [4.69, 9.17) is 4.74 Å². The third-order valence-electron chi connectivity index (χ3n) is 7.36. The number of rotatable bonds is 8. The molecule has 0 spiro atoms. The minimum atomic E-state index is -1.55. The van der Waals surface area contributed by atoms with Crippen LogP contribution in [0.1, 0.15) is 48.5 Å². The molecule has 1 aliphatic rings. The summed E-state index contributed by atoms with van der Waals surface area (Å²) in [7, 11) is 1.50. The number of likely N-dealkylation sites (tertiary alicyclic amines) is 1. The second-order valence-corrected chi connectivity index (χ2v) is 9.69. The Labute approximate surface area is 223 Å². The van der Waals surface area contributed by atoms with Gasteiger partial charge in [0.15, 0.2) is 17.5 Å². The fraction of sp³-hybridized carbons (Fsp3) is 0.379. The van der Waals surface area contributed by atoms with Gasteiger partial charge in [-0.3, -0.25) is 14.7 Å². The molecule has 1 aliphatic heterocycles. The zero-order chi connectivity index (χ0) is 28.2. The van der Waals surface area contributed by atoms with Gasteiger partial charge in [0.05, 0.1) is 30.7 Å². The number of alkyl halides is 1. The Hall–Kier alpha value is -3.68. The molecule has 39 heavy (non-hydrogen) atoms. The Balaban J connectivity index is 1.43. The molecule has 1 fully saturated rings. The van der Waals surface area contributed by atoms with Crippen LogP contribution in [0.2, 0.25) is 0 Å². The van der Waals surface area contributed by atoms with E-state index in [0.717, 1.165) is 12.1 Å². The van der Waals surface area contributed by atoms with Crippen LogP contribution in [0, 0.1) is 34.7 Å². The van der Waals surface area contributed by atoms with Crippen molar-refractivity contribution in [3.8, 4) is 17.6 Å². The van der Waals surface area contributed by atoms with Crippen molar-refractivity contribution in [1.82, 2.24) is 9.88 Å². The van der Waals surface area contributed by atoms with Crippen LogP contribution in [0.3, 0.4) is 0 Å². The van der Waals surface area contributed by atoms with Crippen molar-refractivity contribution in [2.45, 2.75) is 38.5 Å². The third kappa shape index (κ3) is 6.15. The molecule has 0 radical (unpaired) electrons. The number of methoxy groups -OCH3 is 1. The lowest BCUT2D eigenvalue weighted by molar-refractivity contribution is -0.153. The summed E-state index contributed by atoms with van der Waals surface area (Å²) in [6.07, 6.45) is 1.17. The number of pyridine rings is 1. The average Bonchev–Trinajstić information content (AvgIpc) is 2.94. The van der Waals surface area contributed by atoms with E-state index in [2.05, 4.69) is 16.8 Å². The van der Waals surface area contributed by atoms with Crippen molar-refractivity contribution < 1.29 is 37.3 Å². The van der Waals surface area contributed by atoms with Crippen LogP contribution in [-0.2, 0) is 11.5 Å². The standard InChI is InChI=1S/C29H28F4N2O4/c1-39-20-4-5-24-21(15-20)26(19(16-30)17-34-24)25(36)6-7-29(28(37)38)8-11-35(12-9-29)10-2-3-18-13-22(31)27(33)23(32)14-18/h4-5,13-15,17,25,36H,6-12,16H2,1H3,(H,37,38)/t25-/m1/s1. The highest BCUT2D eigenvalue weighted by molar-refractivity contribution is 5.85. The Kier molecular flexibility index (Phi) is 8.73. The summed E-state index contributed by atoms with van der Waals surface area (Å²) in [5.74, 6) is 0.774. The highest BCUT2D eigenvalue weighted by Gasteiger charge is 2.41. The molecule has 206 valence electrons. The minimum Gasteiger partial charge on any atom is -0.497 e. The number of benzene rings is 2. The maximum Gasteiger partial charge on any atom is 0.309 e. The van der Waals surface area contributed by atoms with Crippen molar-refractivity contribution in [3.63, 3.8) is 0 Å². The highest BCUT2D eigenvalue weighted by atomic mass is 19.2. The summed E-state index contributed by atoms with van der Waals surface area (Å²) >= 11 is 0. The molecule has 10 heteroatoms. The maximum absolute atomic E-state index is 13.8. The van der Waals surface area contributed by atoms with Crippen LogP contribution in [0.4, 0.5) is 17.6 Å². The zero-order valence-corrected chi connectivity index (χ0v) is 21.3. The van der Waals surface area contributed by atoms with Crippen LogP contribution in [0.5, 0.6) is 5.75 Å². The van der Waals surface area contributed by atoms with Crippen molar-refractivity contribution in [2.75, 3.05) is 26.7 Å². The van der Waals surface area contributed by atoms with E-state index in [-0.39, 0.29) is 30.5 Å². The van der Waals surface area contributed by atoms with Crippen LogP contribution in [0.15, 0.2) is 36.5 Å². The number of hydrogen-bond donors (Lipinski definition) is 2. The number of aliphatic hydroxyl groups is 1. The van der Waals surface area contributed by atoms with E-state index >= 15 is 0 Å². The number of aliphatic hydroxyl groups excluding tert-OH is 1. The number of hydrogen-bond acceptors (Lipinski definition) is 5. The Bertz CT molecular complexity index is 1400. The van der Waals surface area contributed by atoms with E-state index in [1.54, 1.807) is 18.2 Å². The number of aromatic nitrogens is 1. The molecule has 0 bridgehead atoms. The zero-order valence-electron chi connectivity index (χ0n) is 21.3. The lowest BCUT2D eigenvalue weighted by Crippen LogP contribution is -2.44. The molecule has 2 heterocycles. The number of carboxylic acid groups (broad SMARTS) is 1. The van der Waals surface area contributed by atoms with Crippen LogP contribution in [-0.4, -0.2) is 52.8 Å². The third-order valence-corrected chi connectivity index (χ3v) is 7.36. The molecule has 0 unspecified atom stereocenters. The van der Waals surface area contributed by atoms with Crippen LogP contribution < -0.4 is 4.74 Å². The van der Waals surface area contributed by atoms with Gasteiger partial charge in [-0.15, -0.1) is 0 Å². The van der Waals surface area contributed by atoms with Gasteiger partial charge in [-0.1, -0.05) is 11.8 Å². The molecule has 3 aromatic rings. The predicted molar refractivity (Wildman–Crippen MR) is 136 cm³/mol. The summed E-state index contributed by atoms with van der Waals surface area (Å²) < 4.78 is 59.0. The molecule has 1 aromatic heterocycles. The molecular weight excluding hydrogens is 516 g/mol. The molecule has 0 saturated carbocycles. The molecular formula is C29H28F4N2O4. The number of piperidine rings is 1. The number of carboxylic acids is 1. The van der Waals surface area contributed by atoms with E-state index in [1.807, 2.05) is 4.90 Å². The molecule has 0 aliphatic carbocycles. The number of carbonyl (C=O) groups is 1.